The van der Waals surface area contributed by atoms with E-state index in [1.165, 1.54) is 11.8 Å². The van der Waals surface area contributed by atoms with Gasteiger partial charge in [0.25, 0.3) is 0 Å². The highest BCUT2D eigenvalue weighted by Crippen LogP contribution is 2.18. The molecule has 1 N–H and O–H groups in total. The number of methoxy groups -OCH3 is 1. The Labute approximate surface area is 159 Å². The van der Waals surface area contributed by atoms with E-state index in [4.69, 9.17) is 16.3 Å². The molecule has 0 aliphatic heterocycles. The van der Waals surface area contributed by atoms with Crippen LogP contribution >= 0.6 is 23.4 Å². The van der Waals surface area contributed by atoms with Gasteiger partial charge in [-0.05, 0) is 46.3 Å². The lowest BCUT2D eigenvalue weighted by molar-refractivity contribution is -0.113. The molecule has 0 unspecified atom stereocenters. The monoisotopic (exact) mass is 389 g/mol. The summed E-state index contributed by atoms with van der Waals surface area (Å²) in [4.78, 5) is 12.1. The summed E-state index contributed by atoms with van der Waals surface area (Å²) in [6.07, 6.45) is 0. The molecule has 3 rings (SSSR count). The van der Waals surface area contributed by atoms with Crippen molar-refractivity contribution in [2.75, 3.05) is 18.2 Å². The van der Waals surface area contributed by atoms with Crippen LogP contribution in [0.2, 0.25) is 5.02 Å². The van der Waals surface area contributed by atoms with Gasteiger partial charge in [-0.1, -0.05) is 41.6 Å². The quantitative estimate of drug-likeness (QED) is 0.625. The SMILES string of the molecule is COc1ccc(Cn2nnnc2SCC(=O)Nc2cccc(Cl)c2)cc1. The summed E-state index contributed by atoms with van der Waals surface area (Å²) < 4.78 is 6.80. The number of anilines is 1. The Morgan fingerprint density at radius 3 is 2.81 bits per heavy atom. The van der Waals surface area contributed by atoms with E-state index < -0.39 is 0 Å². The fraction of sp³-hybridized carbons (Fsp3) is 0.176. The summed E-state index contributed by atoms with van der Waals surface area (Å²) in [5, 5.41) is 15.6. The number of amides is 1. The van der Waals surface area contributed by atoms with Crippen LogP contribution in [0.25, 0.3) is 0 Å². The third kappa shape index (κ3) is 4.96. The van der Waals surface area contributed by atoms with Crippen molar-refractivity contribution in [2.24, 2.45) is 0 Å². The lowest BCUT2D eigenvalue weighted by Gasteiger charge is -2.07. The molecule has 1 aromatic heterocycles. The van der Waals surface area contributed by atoms with Crippen LogP contribution in [0.15, 0.2) is 53.7 Å². The maximum Gasteiger partial charge on any atom is 0.234 e. The van der Waals surface area contributed by atoms with E-state index in [0.717, 1.165) is 11.3 Å². The number of nitrogens with one attached hydrogen (secondary N) is 1. The molecule has 26 heavy (non-hydrogen) atoms. The summed E-state index contributed by atoms with van der Waals surface area (Å²) in [5.74, 6) is 0.823. The number of tetrazole rings is 1. The molecule has 7 nitrogen and oxygen atoms in total. The van der Waals surface area contributed by atoms with Gasteiger partial charge in [-0.25, -0.2) is 4.68 Å². The van der Waals surface area contributed by atoms with Gasteiger partial charge in [-0.3, -0.25) is 4.79 Å². The summed E-state index contributed by atoms with van der Waals surface area (Å²) in [6.45, 7) is 0.509. The van der Waals surface area contributed by atoms with Crippen molar-refractivity contribution in [2.45, 2.75) is 11.7 Å². The van der Waals surface area contributed by atoms with Crippen LogP contribution < -0.4 is 10.1 Å². The van der Waals surface area contributed by atoms with Crippen LogP contribution in [0.3, 0.4) is 0 Å². The molecule has 0 saturated carbocycles. The average molecular weight is 390 g/mol. The smallest absolute Gasteiger partial charge is 0.234 e. The molecule has 1 heterocycles. The predicted octanol–water partition coefficient (Wildman–Crippen LogP) is 3.11. The number of carbonyl (C=O) groups excluding carboxylic acids is 1. The molecule has 0 aliphatic carbocycles. The number of carbonyl (C=O) groups is 1. The molecule has 0 aliphatic rings. The van der Waals surface area contributed by atoms with E-state index in [0.29, 0.717) is 22.4 Å². The Balaban J connectivity index is 1.57. The van der Waals surface area contributed by atoms with Crippen molar-refractivity contribution < 1.29 is 9.53 Å². The molecule has 0 fully saturated rings. The molecule has 0 spiro atoms. The van der Waals surface area contributed by atoms with Gasteiger partial charge in [-0.2, -0.15) is 0 Å². The normalized spacial score (nSPS) is 10.5. The van der Waals surface area contributed by atoms with E-state index in [9.17, 15) is 4.79 Å². The number of rotatable bonds is 7. The van der Waals surface area contributed by atoms with Gasteiger partial charge in [0.2, 0.25) is 11.1 Å². The topological polar surface area (TPSA) is 81.9 Å². The van der Waals surface area contributed by atoms with E-state index >= 15 is 0 Å². The first kappa shape index (κ1) is 18.2. The summed E-state index contributed by atoms with van der Waals surface area (Å²) in [7, 11) is 1.62. The van der Waals surface area contributed by atoms with E-state index in [1.807, 2.05) is 24.3 Å². The van der Waals surface area contributed by atoms with Crippen molar-refractivity contribution in [1.82, 2.24) is 20.2 Å². The van der Waals surface area contributed by atoms with Crippen LogP contribution in [-0.4, -0.2) is 39.0 Å². The number of hydrogen-bond donors (Lipinski definition) is 1. The second-order valence-electron chi connectivity index (χ2n) is 5.31. The highest BCUT2D eigenvalue weighted by Gasteiger charge is 2.11. The van der Waals surface area contributed by atoms with E-state index in [2.05, 4.69) is 20.8 Å². The van der Waals surface area contributed by atoms with Crippen LogP contribution in [0.5, 0.6) is 5.75 Å². The molecular formula is C17H16ClN5O2S. The zero-order valence-electron chi connectivity index (χ0n) is 13.9. The molecule has 0 radical (unpaired) electrons. The number of nitrogens with zero attached hydrogens (tertiary/aromatic N) is 4. The second kappa shape index (κ2) is 8.68. The zero-order chi connectivity index (χ0) is 18.4. The van der Waals surface area contributed by atoms with Gasteiger partial charge in [0.05, 0.1) is 19.4 Å². The third-order valence-electron chi connectivity index (χ3n) is 3.43. The largest absolute Gasteiger partial charge is 0.497 e. The van der Waals surface area contributed by atoms with Crippen molar-refractivity contribution >= 4 is 35.0 Å². The minimum Gasteiger partial charge on any atom is -0.497 e. The lowest BCUT2D eigenvalue weighted by Crippen LogP contribution is -2.14. The Morgan fingerprint density at radius 2 is 2.08 bits per heavy atom. The third-order valence-corrected chi connectivity index (χ3v) is 4.62. The van der Waals surface area contributed by atoms with Gasteiger partial charge in [0, 0.05) is 10.7 Å². The molecule has 134 valence electrons. The summed E-state index contributed by atoms with van der Waals surface area (Å²) >= 11 is 7.18. The Hall–Kier alpha value is -2.58. The van der Waals surface area contributed by atoms with Crippen molar-refractivity contribution in [3.63, 3.8) is 0 Å². The highest BCUT2D eigenvalue weighted by molar-refractivity contribution is 7.99. The summed E-state index contributed by atoms with van der Waals surface area (Å²) in [6, 6.07) is 14.7. The molecule has 3 aromatic rings. The van der Waals surface area contributed by atoms with Crippen LogP contribution in [0.4, 0.5) is 5.69 Å². The van der Waals surface area contributed by atoms with Crippen molar-refractivity contribution in [3.8, 4) is 5.75 Å². The first-order chi connectivity index (χ1) is 12.6. The molecule has 0 saturated heterocycles. The predicted molar refractivity (Wildman–Crippen MR) is 101 cm³/mol. The first-order valence-electron chi connectivity index (χ1n) is 7.71. The Bertz CT molecular complexity index is 885. The molecule has 0 atom stereocenters. The molecule has 1 amide bonds. The minimum atomic E-state index is -0.156. The van der Waals surface area contributed by atoms with E-state index in [-0.39, 0.29) is 11.7 Å². The molecular weight excluding hydrogens is 374 g/mol. The Kier molecular flexibility index (Phi) is 6.08. The molecule has 0 bridgehead atoms. The second-order valence-corrected chi connectivity index (χ2v) is 6.69. The lowest BCUT2D eigenvalue weighted by atomic mass is 10.2. The van der Waals surface area contributed by atoms with Gasteiger partial charge in [0.15, 0.2) is 0 Å². The molecule has 9 heteroatoms. The van der Waals surface area contributed by atoms with Gasteiger partial charge in [-0.15, -0.1) is 5.10 Å². The van der Waals surface area contributed by atoms with Crippen molar-refractivity contribution in [3.05, 3.63) is 59.1 Å². The zero-order valence-corrected chi connectivity index (χ0v) is 15.5. The number of ether oxygens (including phenoxy) is 1. The minimum absolute atomic E-state index is 0.156. The van der Waals surface area contributed by atoms with Crippen molar-refractivity contribution in [1.29, 1.82) is 0 Å². The van der Waals surface area contributed by atoms with Gasteiger partial charge >= 0.3 is 0 Å². The summed E-state index contributed by atoms with van der Waals surface area (Å²) in [5.41, 5.74) is 1.68. The standard InChI is InChI=1S/C17H16ClN5O2S/c1-25-15-7-5-12(6-8-15)10-23-17(20-21-22-23)26-11-16(24)19-14-4-2-3-13(18)9-14/h2-9H,10-11H2,1H3,(H,19,24). The van der Waals surface area contributed by atoms with Gasteiger partial charge in [0.1, 0.15) is 5.75 Å². The number of halogens is 1. The maximum atomic E-state index is 12.1. The Morgan fingerprint density at radius 1 is 1.27 bits per heavy atom. The number of thioether (sulfide) groups is 1. The molecule has 2 aromatic carbocycles. The maximum absolute atomic E-state index is 12.1. The fourth-order valence-corrected chi connectivity index (χ4v) is 3.06. The number of hydrogen-bond acceptors (Lipinski definition) is 6. The number of aromatic nitrogens is 4. The van der Waals surface area contributed by atoms with E-state index in [1.54, 1.807) is 36.1 Å². The van der Waals surface area contributed by atoms with Crippen LogP contribution in [0, 0.1) is 0 Å². The fourth-order valence-electron chi connectivity index (χ4n) is 2.20. The first-order valence-corrected chi connectivity index (χ1v) is 9.08. The van der Waals surface area contributed by atoms with Crippen LogP contribution in [0.1, 0.15) is 5.56 Å². The average Bonchev–Trinajstić information content (AvgIpc) is 3.08. The van der Waals surface area contributed by atoms with Gasteiger partial charge < -0.3 is 10.1 Å². The highest BCUT2D eigenvalue weighted by atomic mass is 35.5. The number of benzene rings is 2. The van der Waals surface area contributed by atoms with Crippen LogP contribution in [-0.2, 0) is 11.3 Å².